The van der Waals surface area contributed by atoms with E-state index >= 15 is 0 Å². The van der Waals surface area contributed by atoms with E-state index in [1.807, 2.05) is 18.6 Å². The molecule has 1 aromatic carbocycles. The third-order valence-corrected chi connectivity index (χ3v) is 6.43. The lowest BCUT2D eigenvalue weighted by Gasteiger charge is -2.39. The number of nitrogens with one attached hydrogen (secondary N) is 1. The molecule has 2 aromatic rings. The van der Waals surface area contributed by atoms with Crippen molar-refractivity contribution in [2.24, 2.45) is 5.92 Å². The number of hydrogen-bond acceptors (Lipinski definition) is 5. The zero-order valence-corrected chi connectivity index (χ0v) is 17.2. The van der Waals surface area contributed by atoms with E-state index in [9.17, 15) is 0 Å². The third kappa shape index (κ3) is 4.18. The Morgan fingerprint density at radius 3 is 2.64 bits per heavy atom. The predicted molar refractivity (Wildman–Crippen MR) is 116 cm³/mol. The van der Waals surface area contributed by atoms with Gasteiger partial charge in [0.25, 0.3) is 0 Å². The average Bonchev–Trinajstić information content (AvgIpc) is 2.77. The molecule has 1 atom stereocenters. The molecule has 1 fully saturated rings. The molecule has 1 saturated heterocycles. The van der Waals surface area contributed by atoms with Crippen molar-refractivity contribution < 1.29 is 4.74 Å². The molecule has 0 aliphatic carbocycles. The van der Waals surface area contributed by atoms with E-state index in [0.717, 1.165) is 45.5 Å². The Morgan fingerprint density at radius 2 is 1.89 bits per heavy atom. The Labute approximate surface area is 171 Å². The molecule has 2 aliphatic rings. The lowest BCUT2D eigenvalue weighted by atomic mass is 9.96. The molecule has 28 heavy (non-hydrogen) atoms. The van der Waals surface area contributed by atoms with Gasteiger partial charge in [0.1, 0.15) is 0 Å². The predicted octanol–water partition coefficient (Wildman–Crippen LogP) is 4.17. The number of thioether (sulfide) groups is 1. The maximum Gasteiger partial charge on any atom is 0.158 e. The van der Waals surface area contributed by atoms with Crippen LogP contribution in [0.5, 0.6) is 0 Å². The number of nitrogens with zero attached hydrogens (tertiary/aromatic N) is 3. The number of benzene rings is 1. The van der Waals surface area contributed by atoms with Gasteiger partial charge in [0.2, 0.25) is 0 Å². The number of ether oxygens (including phenoxy) is 1. The maximum absolute atomic E-state index is 8.35. The van der Waals surface area contributed by atoms with Crippen molar-refractivity contribution in [3.8, 4) is 0 Å². The Hall–Kier alpha value is -2.05. The Morgan fingerprint density at radius 1 is 1.14 bits per heavy atom. The van der Waals surface area contributed by atoms with Crippen LogP contribution in [-0.4, -0.2) is 47.5 Å². The fourth-order valence-corrected chi connectivity index (χ4v) is 4.60. The third-order valence-electron chi connectivity index (χ3n) is 5.81. The molecule has 4 rings (SSSR count). The number of pyridine rings is 1. The molecule has 0 saturated carbocycles. The molecule has 1 unspecified atom stereocenters. The molecule has 0 amide bonds. The number of amidine groups is 1. The summed E-state index contributed by atoms with van der Waals surface area (Å²) >= 11 is 1.49. The molecular weight excluding hydrogens is 368 g/mol. The number of hydrogen-bond donors (Lipinski definition) is 1. The van der Waals surface area contributed by atoms with Gasteiger partial charge in [0.05, 0.1) is 6.61 Å². The summed E-state index contributed by atoms with van der Waals surface area (Å²) in [6.07, 6.45) is 8.80. The summed E-state index contributed by atoms with van der Waals surface area (Å²) in [6, 6.07) is 12.7. The smallest absolute Gasteiger partial charge is 0.158 e. The average molecular weight is 397 g/mol. The van der Waals surface area contributed by atoms with Crippen molar-refractivity contribution in [2.45, 2.75) is 25.5 Å². The highest BCUT2D eigenvalue weighted by atomic mass is 32.2. The molecular formula is C22H28N4OS. The number of piperidine rings is 1. The summed E-state index contributed by atoms with van der Waals surface area (Å²) in [5.74, 6) is 0.567. The molecule has 1 aromatic heterocycles. The summed E-state index contributed by atoms with van der Waals surface area (Å²) < 4.78 is 6.47. The highest BCUT2D eigenvalue weighted by Gasteiger charge is 2.30. The largest absolute Gasteiger partial charge is 0.371 e. The van der Waals surface area contributed by atoms with Crippen molar-refractivity contribution in [1.82, 2.24) is 9.88 Å². The zero-order chi connectivity index (χ0) is 19.3. The van der Waals surface area contributed by atoms with Crippen LogP contribution in [0, 0.1) is 11.3 Å². The van der Waals surface area contributed by atoms with Gasteiger partial charge in [0, 0.05) is 43.3 Å². The number of fused-ring (bicyclic) bond motifs is 1. The second-order valence-corrected chi connectivity index (χ2v) is 8.27. The molecule has 1 N–H and O–H groups in total. The first-order valence-corrected chi connectivity index (χ1v) is 11.2. The normalized spacial score (nSPS) is 20.1. The fraction of sp³-hybridized carbons (Fsp3) is 0.455. The van der Waals surface area contributed by atoms with Gasteiger partial charge in [-0.1, -0.05) is 36.0 Å². The first-order chi connectivity index (χ1) is 13.8. The quantitative estimate of drug-likeness (QED) is 0.621. The minimum absolute atomic E-state index is 0.136. The topological polar surface area (TPSA) is 52.5 Å². The summed E-state index contributed by atoms with van der Waals surface area (Å²) in [7, 11) is 0. The maximum atomic E-state index is 8.35. The van der Waals surface area contributed by atoms with Crippen molar-refractivity contribution in [3.63, 3.8) is 0 Å². The van der Waals surface area contributed by atoms with Crippen molar-refractivity contribution in [3.05, 3.63) is 59.9 Å². The van der Waals surface area contributed by atoms with Gasteiger partial charge >= 0.3 is 0 Å². The SMILES string of the molecule is CSC(=N)N1CCc2ccccc2C1OCC1CCN(c2ccncc2)CC1. The van der Waals surface area contributed by atoms with Crippen LogP contribution in [-0.2, 0) is 11.2 Å². The van der Waals surface area contributed by atoms with Gasteiger partial charge in [-0.05, 0) is 49.1 Å². The van der Waals surface area contributed by atoms with Crippen LogP contribution in [0.1, 0.15) is 30.2 Å². The van der Waals surface area contributed by atoms with E-state index < -0.39 is 0 Å². The minimum Gasteiger partial charge on any atom is -0.371 e. The second-order valence-electron chi connectivity index (χ2n) is 7.47. The van der Waals surface area contributed by atoms with Crippen molar-refractivity contribution in [1.29, 1.82) is 5.41 Å². The second kappa shape index (κ2) is 8.97. The van der Waals surface area contributed by atoms with E-state index in [2.05, 4.69) is 51.2 Å². The highest BCUT2D eigenvalue weighted by Crippen LogP contribution is 2.33. The van der Waals surface area contributed by atoms with Gasteiger partial charge in [0.15, 0.2) is 11.4 Å². The number of rotatable bonds is 4. The first-order valence-electron chi connectivity index (χ1n) is 10.00. The lowest BCUT2D eigenvalue weighted by Crippen LogP contribution is -2.41. The van der Waals surface area contributed by atoms with Crippen LogP contribution in [0.4, 0.5) is 5.69 Å². The fourth-order valence-electron chi connectivity index (χ4n) is 4.17. The van der Waals surface area contributed by atoms with E-state index in [-0.39, 0.29) is 6.23 Å². The van der Waals surface area contributed by atoms with Crippen molar-refractivity contribution in [2.75, 3.05) is 37.4 Å². The number of anilines is 1. The van der Waals surface area contributed by atoms with Crippen LogP contribution in [0.2, 0.25) is 0 Å². The summed E-state index contributed by atoms with van der Waals surface area (Å²) in [5.41, 5.74) is 3.84. The van der Waals surface area contributed by atoms with Gasteiger partial charge in [-0.15, -0.1) is 0 Å². The summed E-state index contributed by atoms with van der Waals surface area (Å²) in [6.45, 7) is 3.72. The molecule has 3 heterocycles. The number of aromatic nitrogens is 1. The standard InChI is InChI=1S/C22H28N4OS/c1-28-22(23)26-15-10-18-4-2-3-5-20(18)21(26)27-16-17-8-13-25(14-9-17)19-6-11-24-12-7-19/h2-7,11-12,17,21,23H,8-10,13-16H2,1H3. The zero-order valence-electron chi connectivity index (χ0n) is 16.4. The highest BCUT2D eigenvalue weighted by molar-refractivity contribution is 8.13. The van der Waals surface area contributed by atoms with E-state index in [1.54, 1.807) is 0 Å². The molecule has 0 radical (unpaired) electrons. The molecule has 0 spiro atoms. The summed E-state index contributed by atoms with van der Waals surface area (Å²) in [4.78, 5) is 8.66. The van der Waals surface area contributed by atoms with Crippen LogP contribution >= 0.6 is 11.8 Å². The van der Waals surface area contributed by atoms with Crippen LogP contribution in [0.15, 0.2) is 48.8 Å². The summed E-state index contributed by atoms with van der Waals surface area (Å²) in [5, 5.41) is 8.94. The molecule has 6 heteroatoms. The van der Waals surface area contributed by atoms with Gasteiger partial charge in [-0.2, -0.15) is 0 Å². The van der Waals surface area contributed by atoms with E-state index in [0.29, 0.717) is 11.1 Å². The van der Waals surface area contributed by atoms with Crippen LogP contribution in [0.3, 0.4) is 0 Å². The van der Waals surface area contributed by atoms with Gasteiger partial charge in [-0.3, -0.25) is 10.4 Å². The monoisotopic (exact) mass is 396 g/mol. The Bertz CT molecular complexity index is 792. The van der Waals surface area contributed by atoms with Crippen molar-refractivity contribution >= 4 is 22.6 Å². The minimum atomic E-state index is -0.136. The van der Waals surface area contributed by atoms with Gasteiger partial charge < -0.3 is 14.5 Å². The van der Waals surface area contributed by atoms with Gasteiger partial charge in [-0.25, -0.2) is 0 Å². The molecule has 2 aliphatic heterocycles. The molecule has 0 bridgehead atoms. The molecule has 148 valence electrons. The Balaban J connectivity index is 1.38. The van der Waals surface area contributed by atoms with Crippen LogP contribution < -0.4 is 4.90 Å². The first kappa shape index (κ1) is 19.3. The Kier molecular flexibility index (Phi) is 6.17. The van der Waals surface area contributed by atoms with E-state index in [1.165, 1.54) is 28.6 Å². The molecule has 5 nitrogen and oxygen atoms in total. The van der Waals surface area contributed by atoms with Crippen LogP contribution in [0.25, 0.3) is 0 Å². The lowest BCUT2D eigenvalue weighted by molar-refractivity contribution is -0.0510. The van der Waals surface area contributed by atoms with E-state index in [4.69, 9.17) is 10.1 Å².